The summed E-state index contributed by atoms with van der Waals surface area (Å²) in [6.07, 6.45) is 3.75. The second-order valence-electron chi connectivity index (χ2n) is 6.90. The molecular formula is C22H26N2O4. The van der Waals surface area contributed by atoms with Crippen LogP contribution in [0.3, 0.4) is 0 Å². The standard InChI is InChI=1S/C22H26N2O4/c1-27-17-11-7-15(8-12-17)21(25)23-19-5-3-4-6-20(19)24-22(26)16-9-13-18(28-2)14-10-16/h7-14,19-20H,3-6H2,1-2H3,(H,23,25)(H,24,26)/t19-,20-/m0/s1. The van der Waals surface area contributed by atoms with Gasteiger partial charge in [-0.15, -0.1) is 0 Å². The predicted octanol–water partition coefficient (Wildman–Crippen LogP) is 3.17. The lowest BCUT2D eigenvalue weighted by molar-refractivity contribution is 0.0862. The number of benzene rings is 2. The second-order valence-corrected chi connectivity index (χ2v) is 6.90. The first-order valence-electron chi connectivity index (χ1n) is 9.50. The third kappa shape index (κ3) is 4.82. The van der Waals surface area contributed by atoms with Crippen molar-refractivity contribution < 1.29 is 19.1 Å². The van der Waals surface area contributed by atoms with E-state index in [2.05, 4.69) is 10.6 Å². The highest BCUT2D eigenvalue weighted by atomic mass is 16.5. The molecule has 1 saturated carbocycles. The van der Waals surface area contributed by atoms with Gasteiger partial charge in [0.1, 0.15) is 11.5 Å². The lowest BCUT2D eigenvalue weighted by Gasteiger charge is -2.33. The van der Waals surface area contributed by atoms with E-state index in [4.69, 9.17) is 9.47 Å². The van der Waals surface area contributed by atoms with Crippen molar-refractivity contribution in [3.63, 3.8) is 0 Å². The van der Waals surface area contributed by atoms with E-state index in [9.17, 15) is 9.59 Å². The monoisotopic (exact) mass is 382 g/mol. The molecule has 0 bridgehead atoms. The van der Waals surface area contributed by atoms with Crippen molar-refractivity contribution >= 4 is 11.8 Å². The fourth-order valence-electron chi connectivity index (χ4n) is 3.46. The van der Waals surface area contributed by atoms with Crippen LogP contribution in [0.1, 0.15) is 46.4 Å². The average Bonchev–Trinajstić information content (AvgIpc) is 2.75. The van der Waals surface area contributed by atoms with Gasteiger partial charge in [-0.05, 0) is 61.4 Å². The second kappa shape index (κ2) is 9.26. The number of ether oxygens (including phenoxy) is 2. The summed E-state index contributed by atoms with van der Waals surface area (Å²) in [5.74, 6) is 1.13. The minimum absolute atomic E-state index is 0.0921. The van der Waals surface area contributed by atoms with Gasteiger partial charge in [-0.1, -0.05) is 12.8 Å². The lowest BCUT2D eigenvalue weighted by Crippen LogP contribution is -2.53. The number of rotatable bonds is 6. The fraction of sp³-hybridized carbons (Fsp3) is 0.364. The van der Waals surface area contributed by atoms with Crippen molar-refractivity contribution in [2.75, 3.05) is 14.2 Å². The van der Waals surface area contributed by atoms with Gasteiger partial charge in [-0.2, -0.15) is 0 Å². The third-order valence-electron chi connectivity index (χ3n) is 5.10. The van der Waals surface area contributed by atoms with Crippen LogP contribution in [0.25, 0.3) is 0 Å². The zero-order chi connectivity index (χ0) is 19.9. The summed E-state index contributed by atoms with van der Waals surface area (Å²) in [5, 5.41) is 6.17. The van der Waals surface area contributed by atoms with E-state index >= 15 is 0 Å². The molecule has 2 aromatic rings. The van der Waals surface area contributed by atoms with Crippen LogP contribution in [-0.4, -0.2) is 38.1 Å². The van der Waals surface area contributed by atoms with Gasteiger partial charge in [0.15, 0.2) is 0 Å². The molecule has 148 valence electrons. The van der Waals surface area contributed by atoms with E-state index < -0.39 is 0 Å². The molecule has 0 aliphatic heterocycles. The third-order valence-corrected chi connectivity index (χ3v) is 5.10. The molecule has 1 fully saturated rings. The zero-order valence-electron chi connectivity index (χ0n) is 16.2. The first-order chi connectivity index (χ1) is 13.6. The number of carbonyl (C=O) groups is 2. The van der Waals surface area contributed by atoms with E-state index in [1.807, 2.05) is 0 Å². The van der Waals surface area contributed by atoms with Gasteiger partial charge in [-0.25, -0.2) is 0 Å². The predicted molar refractivity (Wildman–Crippen MR) is 107 cm³/mol. The SMILES string of the molecule is COc1ccc(C(=O)N[C@H]2CCCC[C@@H]2NC(=O)c2ccc(OC)cc2)cc1. The van der Waals surface area contributed by atoms with Crippen LogP contribution in [-0.2, 0) is 0 Å². The maximum absolute atomic E-state index is 12.6. The van der Waals surface area contributed by atoms with Gasteiger partial charge in [0.05, 0.1) is 14.2 Å². The number of hydrogen-bond donors (Lipinski definition) is 2. The van der Waals surface area contributed by atoms with E-state index in [1.54, 1.807) is 62.8 Å². The Bertz CT molecular complexity index is 733. The molecule has 2 amide bonds. The van der Waals surface area contributed by atoms with Crippen molar-refractivity contribution in [1.82, 2.24) is 10.6 Å². The largest absolute Gasteiger partial charge is 0.497 e. The molecule has 0 saturated heterocycles. The first kappa shape index (κ1) is 19.7. The average molecular weight is 382 g/mol. The van der Waals surface area contributed by atoms with Crippen molar-refractivity contribution in [1.29, 1.82) is 0 Å². The first-order valence-corrected chi connectivity index (χ1v) is 9.50. The van der Waals surface area contributed by atoms with Crippen LogP contribution in [0.4, 0.5) is 0 Å². The molecule has 0 unspecified atom stereocenters. The highest BCUT2D eigenvalue weighted by Gasteiger charge is 2.28. The van der Waals surface area contributed by atoms with Crippen LogP contribution < -0.4 is 20.1 Å². The minimum Gasteiger partial charge on any atom is -0.497 e. The molecule has 28 heavy (non-hydrogen) atoms. The summed E-state index contributed by atoms with van der Waals surface area (Å²) in [5.41, 5.74) is 1.15. The Kier molecular flexibility index (Phi) is 6.53. The van der Waals surface area contributed by atoms with Crippen molar-refractivity contribution in [3.05, 3.63) is 59.7 Å². The molecule has 1 aliphatic carbocycles. The molecule has 0 aromatic heterocycles. The van der Waals surface area contributed by atoms with Crippen molar-refractivity contribution in [2.45, 2.75) is 37.8 Å². The summed E-state index contributed by atoms with van der Waals surface area (Å²) in [7, 11) is 3.18. The Morgan fingerprint density at radius 1 is 0.714 bits per heavy atom. The van der Waals surface area contributed by atoms with E-state index in [1.165, 1.54) is 0 Å². The smallest absolute Gasteiger partial charge is 0.251 e. The normalized spacial score (nSPS) is 18.8. The molecule has 6 nitrogen and oxygen atoms in total. The molecule has 0 spiro atoms. The van der Waals surface area contributed by atoms with Crippen LogP contribution in [0.2, 0.25) is 0 Å². The Labute approximate surface area is 165 Å². The molecular weight excluding hydrogens is 356 g/mol. The topological polar surface area (TPSA) is 76.7 Å². The van der Waals surface area contributed by atoms with Gasteiger partial charge in [0.2, 0.25) is 0 Å². The van der Waals surface area contributed by atoms with Gasteiger partial charge in [0, 0.05) is 23.2 Å². The molecule has 6 heteroatoms. The van der Waals surface area contributed by atoms with Crippen LogP contribution in [0.5, 0.6) is 11.5 Å². The van der Waals surface area contributed by atoms with E-state index in [0.717, 1.165) is 25.7 Å². The van der Waals surface area contributed by atoms with Gasteiger partial charge in [0.25, 0.3) is 11.8 Å². The molecule has 0 heterocycles. The highest BCUT2D eigenvalue weighted by molar-refractivity contribution is 5.95. The molecule has 3 rings (SSSR count). The summed E-state index contributed by atoms with van der Waals surface area (Å²) < 4.78 is 10.3. The quantitative estimate of drug-likeness (QED) is 0.805. The highest BCUT2D eigenvalue weighted by Crippen LogP contribution is 2.20. The van der Waals surface area contributed by atoms with E-state index in [0.29, 0.717) is 22.6 Å². The number of methoxy groups -OCH3 is 2. The minimum atomic E-state index is -0.141. The van der Waals surface area contributed by atoms with Crippen LogP contribution in [0.15, 0.2) is 48.5 Å². The Morgan fingerprint density at radius 3 is 1.39 bits per heavy atom. The van der Waals surface area contributed by atoms with Gasteiger partial charge < -0.3 is 20.1 Å². The molecule has 1 aliphatic rings. The van der Waals surface area contributed by atoms with Crippen molar-refractivity contribution in [3.8, 4) is 11.5 Å². The van der Waals surface area contributed by atoms with Crippen LogP contribution in [0, 0.1) is 0 Å². The fourth-order valence-corrected chi connectivity index (χ4v) is 3.46. The zero-order valence-corrected chi connectivity index (χ0v) is 16.2. The molecule has 2 aromatic carbocycles. The maximum Gasteiger partial charge on any atom is 0.251 e. The number of carbonyl (C=O) groups excluding carboxylic acids is 2. The number of amides is 2. The molecule has 2 N–H and O–H groups in total. The molecule has 2 atom stereocenters. The number of hydrogen-bond acceptors (Lipinski definition) is 4. The van der Waals surface area contributed by atoms with Gasteiger partial charge in [-0.3, -0.25) is 9.59 Å². The lowest BCUT2D eigenvalue weighted by atomic mass is 9.89. The summed E-state index contributed by atoms with van der Waals surface area (Å²) in [6.45, 7) is 0. The Hall–Kier alpha value is -3.02. The van der Waals surface area contributed by atoms with Crippen molar-refractivity contribution in [2.24, 2.45) is 0 Å². The Balaban J connectivity index is 1.63. The van der Waals surface area contributed by atoms with Crippen LogP contribution >= 0.6 is 0 Å². The van der Waals surface area contributed by atoms with Gasteiger partial charge >= 0.3 is 0 Å². The maximum atomic E-state index is 12.6. The van der Waals surface area contributed by atoms with E-state index in [-0.39, 0.29) is 23.9 Å². The Morgan fingerprint density at radius 2 is 1.07 bits per heavy atom. The summed E-state index contributed by atoms with van der Waals surface area (Å²) >= 11 is 0. The summed E-state index contributed by atoms with van der Waals surface area (Å²) in [6, 6.07) is 13.8. The molecule has 0 radical (unpaired) electrons. The number of nitrogens with one attached hydrogen (secondary N) is 2. The summed E-state index contributed by atoms with van der Waals surface area (Å²) in [4.78, 5) is 25.2.